The van der Waals surface area contributed by atoms with Crippen LogP contribution in [0, 0.1) is 21.4 Å². The summed E-state index contributed by atoms with van der Waals surface area (Å²) in [6.45, 7) is 0. The molecule has 6 nitrogen and oxygen atoms in total. The third kappa shape index (κ3) is 2.44. The predicted molar refractivity (Wildman–Crippen MR) is 94.8 cm³/mol. The van der Waals surface area contributed by atoms with Crippen LogP contribution < -0.4 is 5.32 Å². The molecule has 4 aromatic rings. The summed E-state index contributed by atoms with van der Waals surface area (Å²) in [6, 6.07) is 19.7. The Morgan fingerprint density at radius 2 is 1.80 bits per heavy atom. The smallest absolute Gasteiger partial charge is 0.310 e. The Morgan fingerprint density at radius 3 is 2.60 bits per heavy atom. The van der Waals surface area contributed by atoms with E-state index >= 15 is 0 Å². The van der Waals surface area contributed by atoms with Crippen molar-refractivity contribution < 1.29 is 9.34 Å². The Morgan fingerprint density at radius 1 is 1.00 bits per heavy atom. The number of nitrogens with zero attached hydrogens (tertiary/aromatic N) is 2. The second kappa shape index (κ2) is 5.65. The van der Waals surface area contributed by atoms with Gasteiger partial charge in [0.1, 0.15) is 28.5 Å². The highest BCUT2D eigenvalue weighted by atomic mass is 16.6. The maximum atomic E-state index is 11.3. The lowest BCUT2D eigenvalue weighted by molar-refractivity contribution is -0.384. The summed E-state index contributed by atoms with van der Waals surface area (Å²) in [7, 11) is 0. The fourth-order valence-corrected chi connectivity index (χ4v) is 2.89. The van der Waals surface area contributed by atoms with E-state index in [0.29, 0.717) is 11.3 Å². The number of hydrogen-bond acceptors (Lipinski definition) is 5. The second-order valence-corrected chi connectivity index (χ2v) is 5.50. The van der Waals surface area contributed by atoms with E-state index in [9.17, 15) is 10.1 Å². The minimum absolute atomic E-state index is 0.0137. The Hall–Kier alpha value is -3.85. The highest BCUT2D eigenvalue weighted by Gasteiger charge is 2.19. The number of furan rings is 1. The molecule has 6 heteroatoms. The van der Waals surface area contributed by atoms with Gasteiger partial charge in [0.2, 0.25) is 0 Å². The fourth-order valence-electron chi connectivity index (χ4n) is 2.89. The van der Waals surface area contributed by atoms with Crippen molar-refractivity contribution in [3.63, 3.8) is 0 Å². The van der Waals surface area contributed by atoms with Crippen LogP contribution in [-0.2, 0) is 0 Å². The van der Waals surface area contributed by atoms with E-state index in [4.69, 9.17) is 9.68 Å². The van der Waals surface area contributed by atoms with E-state index in [2.05, 4.69) is 5.32 Å². The van der Waals surface area contributed by atoms with Gasteiger partial charge in [0.25, 0.3) is 0 Å². The molecule has 0 bridgehead atoms. The molecule has 0 fully saturated rings. The zero-order chi connectivity index (χ0) is 17.4. The Kier molecular flexibility index (Phi) is 3.33. The third-order valence-corrected chi connectivity index (χ3v) is 4.00. The monoisotopic (exact) mass is 329 g/mol. The third-order valence-electron chi connectivity index (χ3n) is 4.00. The van der Waals surface area contributed by atoms with Gasteiger partial charge in [0, 0.05) is 22.5 Å². The van der Waals surface area contributed by atoms with Gasteiger partial charge < -0.3 is 9.73 Å². The van der Waals surface area contributed by atoms with Gasteiger partial charge in [-0.3, -0.25) is 10.1 Å². The van der Waals surface area contributed by atoms with Crippen LogP contribution in [0.2, 0.25) is 0 Å². The van der Waals surface area contributed by atoms with Crippen molar-refractivity contribution in [3.8, 4) is 6.07 Å². The summed E-state index contributed by atoms with van der Waals surface area (Å²) >= 11 is 0. The van der Waals surface area contributed by atoms with Gasteiger partial charge >= 0.3 is 5.69 Å². The Balaban J connectivity index is 1.80. The number of nitriles is 1. The first-order valence-electron chi connectivity index (χ1n) is 7.53. The standard InChI is InChI=1S/C19H11N3O3/c20-11-12-4-3-6-16(19(12)22(23)24)21-13-8-9-15-14-5-1-2-7-17(14)25-18(15)10-13/h1-10,21H. The minimum atomic E-state index is -0.555. The Labute approximate surface area is 142 Å². The molecule has 0 spiro atoms. The molecule has 0 aliphatic heterocycles. The molecule has 0 saturated carbocycles. The van der Waals surface area contributed by atoms with Gasteiger partial charge in [-0.2, -0.15) is 5.26 Å². The molecule has 120 valence electrons. The molecule has 1 aromatic heterocycles. The number of nitro groups is 1. The first kappa shape index (κ1) is 14.7. The lowest BCUT2D eigenvalue weighted by Crippen LogP contribution is -1.99. The molecule has 0 saturated heterocycles. The largest absolute Gasteiger partial charge is 0.456 e. The van der Waals surface area contributed by atoms with Crippen molar-refractivity contribution in [2.75, 3.05) is 5.32 Å². The summed E-state index contributed by atoms with van der Waals surface area (Å²) in [5.74, 6) is 0. The van der Waals surface area contributed by atoms with Crippen LogP contribution in [0.5, 0.6) is 0 Å². The van der Waals surface area contributed by atoms with Crippen LogP contribution in [0.15, 0.2) is 65.1 Å². The van der Waals surface area contributed by atoms with Gasteiger partial charge in [-0.1, -0.05) is 24.3 Å². The zero-order valence-electron chi connectivity index (χ0n) is 12.9. The molecule has 4 rings (SSSR count). The minimum Gasteiger partial charge on any atom is -0.456 e. The highest BCUT2D eigenvalue weighted by molar-refractivity contribution is 6.05. The van der Waals surface area contributed by atoms with Crippen LogP contribution >= 0.6 is 0 Å². The average Bonchev–Trinajstić information content (AvgIpc) is 2.99. The summed E-state index contributed by atoms with van der Waals surface area (Å²) in [5.41, 5.74) is 2.15. The molecule has 1 heterocycles. The predicted octanol–water partition coefficient (Wildman–Crippen LogP) is 5.11. The number of anilines is 2. The number of hydrogen-bond donors (Lipinski definition) is 1. The number of benzene rings is 3. The maximum Gasteiger partial charge on any atom is 0.310 e. The van der Waals surface area contributed by atoms with Crippen LogP contribution in [-0.4, -0.2) is 4.92 Å². The maximum absolute atomic E-state index is 11.3. The number of para-hydroxylation sites is 2. The van der Waals surface area contributed by atoms with Crippen molar-refractivity contribution in [1.29, 1.82) is 5.26 Å². The zero-order valence-corrected chi connectivity index (χ0v) is 12.9. The summed E-state index contributed by atoms with van der Waals surface area (Å²) in [6.07, 6.45) is 0. The molecule has 0 atom stereocenters. The van der Waals surface area contributed by atoms with Gasteiger partial charge in [-0.25, -0.2) is 0 Å². The number of fused-ring (bicyclic) bond motifs is 3. The fraction of sp³-hybridized carbons (Fsp3) is 0. The molecule has 0 radical (unpaired) electrons. The molecule has 0 amide bonds. The van der Waals surface area contributed by atoms with Crippen LogP contribution in [0.3, 0.4) is 0 Å². The van der Waals surface area contributed by atoms with E-state index in [1.54, 1.807) is 18.2 Å². The van der Waals surface area contributed by atoms with Gasteiger partial charge in [-0.05, 0) is 30.3 Å². The topological polar surface area (TPSA) is 92.1 Å². The van der Waals surface area contributed by atoms with Crippen molar-refractivity contribution in [1.82, 2.24) is 0 Å². The number of nitrogens with one attached hydrogen (secondary N) is 1. The molecule has 0 unspecified atom stereocenters. The first-order chi connectivity index (χ1) is 12.2. The molecule has 3 aromatic carbocycles. The lowest BCUT2D eigenvalue weighted by Gasteiger charge is -2.07. The van der Waals surface area contributed by atoms with Crippen molar-refractivity contribution in [3.05, 3.63) is 76.3 Å². The van der Waals surface area contributed by atoms with E-state index in [1.165, 1.54) is 6.07 Å². The van der Waals surface area contributed by atoms with Crippen molar-refractivity contribution >= 4 is 39.0 Å². The van der Waals surface area contributed by atoms with E-state index in [-0.39, 0.29) is 16.9 Å². The summed E-state index contributed by atoms with van der Waals surface area (Å²) in [5, 5.41) is 25.4. The summed E-state index contributed by atoms with van der Waals surface area (Å²) in [4.78, 5) is 10.8. The van der Waals surface area contributed by atoms with E-state index < -0.39 is 4.92 Å². The molecular weight excluding hydrogens is 318 g/mol. The quantitative estimate of drug-likeness (QED) is 0.416. The molecule has 0 aliphatic rings. The molecule has 1 N–H and O–H groups in total. The van der Waals surface area contributed by atoms with E-state index in [0.717, 1.165) is 16.4 Å². The van der Waals surface area contributed by atoms with Gasteiger partial charge in [-0.15, -0.1) is 0 Å². The molecule has 0 aliphatic carbocycles. The van der Waals surface area contributed by atoms with Crippen LogP contribution in [0.25, 0.3) is 21.9 Å². The molecule has 25 heavy (non-hydrogen) atoms. The van der Waals surface area contributed by atoms with Crippen LogP contribution in [0.4, 0.5) is 17.1 Å². The number of rotatable bonds is 3. The van der Waals surface area contributed by atoms with Crippen LogP contribution in [0.1, 0.15) is 5.56 Å². The van der Waals surface area contributed by atoms with Gasteiger partial charge in [0.05, 0.1) is 4.92 Å². The second-order valence-electron chi connectivity index (χ2n) is 5.50. The SMILES string of the molecule is N#Cc1cccc(Nc2ccc3c(c2)oc2ccccc23)c1[N+](=O)[O-]. The van der Waals surface area contributed by atoms with Gasteiger partial charge in [0.15, 0.2) is 0 Å². The lowest BCUT2D eigenvalue weighted by atomic mass is 10.1. The van der Waals surface area contributed by atoms with E-state index in [1.807, 2.05) is 42.5 Å². The first-order valence-corrected chi connectivity index (χ1v) is 7.53. The molecular formula is C19H11N3O3. The number of nitro benzene ring substituents is 1. The van der Waals surface area contributed by atoms with Crippen molar-refractivity contribution in [2.24, 2.45) is 0 Å². The average molecular weight is 329 g/mol. The normalized spacial score (nSPS) is 10.7. The Bertz CT molecular complexity index is 1170. The highest BCUT2D eigenvalue weighted by Crippen LogP contribution is 2.34. The summed E-state index contributed by atoms with van der Waals surface area (Å²) < 4.78 is 5.83. The van der Waals surface area contributed by atoms with Crippen molar-refractivity contribution in [2.45, 2.75) is 0 Å².